The standard InChI is InChI=1S/C24H29N3O4/c1-24(2)16-31-23(30)27(24)20-9-11-26(12-10-20)22(29)15-25-21(28)14-17-7-8-18-5-3-4-6-19(18)13-17/h3-8,13,20H,9-12,14-16H2,1-2H3,(H,25,28). The van der Waals surface area contributed by atoms with E-state index in [1.807, 2.05) is 61.2 Å². The molecule has 0 spiro atoms. The molecule has 2 aromatic rings. The number of rotatable bonds is 5. The van der Waals surface area contributed by atoms with Gasteiger partial charge in [0.1, 0.15) is 6.61 Å². The number of hydrogen-bond donors (Lipinski definition) is 1. The van der Waals surface area contributed by atoms with Gasteiger partial charge in [-0.15, -0.1) is 0 Å². The van der Waals surface area contributed by atoms with Crippen LogP contribution < -0.4 is 5.32 Å². The number of amides is 3. The second kappa shape index (κ2) is 8.57. The molecule has 0 atom stereocenters. The summed E-state index contributed by atoms with van der Waals surface area (Å²) < 4.78 is 5.20. The van der Waals surface area contributed by atoms with Crippen molar-refractivity contribution in [3.63, 3.8) is 0 Å². The van der Waals surface area contributed by atoms with Crippen molar-refractivity contribution in [2.75, 3.05) is 26.2 Å². The first-order valence-electron chi connectivity index (χ1n) is 10.8. The summed E-state index contributed by atoms with van der Waals surface area (Å²) in [5.41, 5.74) is 0.606. The zero-order valence-corrected chi connectivity index (χ0v) is 18.1. The van der Waals surface area contributed by atoms with Gasteiger partial charge in [-0.05, 0) is 43.0 Å². The molecule has 2 saturated heterocycles. The molecule has 0 saturated carbocycles. The van der Waals surface area contributed by atoms with Crippen molar-refractivity contribution in [2.24, 2.45) is 0 Å². The molecule has 3 amide bonds. The number of likely N-dealkylation sites (tertiary alicyclic amines) is 1. The summed E-state index contributed by atoms with van der Waals surface area (Å²) in [6.45, 7) is 5.54. The zero-order chi connectivity index (χ0) is 22.0. The maximum absolute atomic E-state index is 12.6. The van der Waals surface area contributed by atoms with Gasteiger partial charge in [0.15, 0.2) is 0 Å². The van der Waals surface area contributed by atoms with E-state index in [-0.39, 0.29) is 42.5 Å². The number of ether oxygens (including phenoxy) is 1. The van der Waals surface area contributed by atoms with Crippen LogP contribution in [-0.4, -0.2) is 65.5 Å². The fourth-order valence-corrected chi connectivity index (χ4v) is 4.52. The largest absolute Gasteiger partial charge is 0.447 e. The van der Waals surface area contributed by atoms with Gasteiger partial charge in [-0.25, -0.2) is 4.79 Å². The van der Waals surface area contributed by atoms with E-state index in [0.29, 0.717) is 19.7 Å². The Morgan fingerprint density at radius 2 is 1.81 bits per heavy atom. The highest BCUT2D eigenvalue weighted by molar-refractivity contribution is 5.88. The Bertz CT molecular complexity index is 995. The highest BCUT2D eigenvalue weighted by Gasteiger charge is 2.44. The molecule has 0 aromatic heterocycles. The van der Waals surface area contributed by atoms with E-state index in [1.54, 1.807) is 4.90 Å². The average molecular weight is 424 g/mol. The maximum atomic E-state index is 12.6. The zero-order valence-electron chi connectivity index (χ0n) is 18.1. The number of cyclic esters (lactones) is 1. The van der Waals surface area contributed by atoms with Crippen LogP contribution in [0.3, 0.4) is 0 Å². The van der Waals surface area contributed by atoms with Crippen LogP contribution in [0, 0.1) is 0 Å². The molecule has 7 heteroatoms. The van der Waals surface area contributed by atoms with Crippen molar-refractivity contribution in [1.29, 1.82) is 0 Å². The van der Waals surface area contributed by atoms with Crippen LogP contribution in [0.2, 0.25) is 0 Å². The minimum atomic E-state index is -0.315. The molecule has 2 heterocycles. The second-order valence-electron chi connectivity index (χ2n) is 8.98. The van der Waals surface area contributed by atoms with Gasteiger partial charge in [0.05, 0.1) is 18.5 Å². The third-order valence-electron chi connectivity index (χ3n) is 6.20. The molecule has 2 aromatic carbocycles. The molecule has 0 aliphatic carbocycles. The number of carbonyl (C=O) groups excluding carboxylic acids is 3. The smallest absolute Gasteiger partial charge is 0.410 e. The van der Waals surface area contributed by atoms with E-state index in [0.717, 1.165) is 29.2 Å². The lowest BCUT2D eigenvalue weighted by molar-refractivity contribution is -0.134. The van der Waals surface area contributed by atoms with Crippen LogP contribution in [0.1, 0.15) is 32.3 Å². The quantitative estimate of drug-likeness (QED) is 0.802. The van der Waals surface area contributed by atoms with Gasteiger partial charge >= 0.3 is 6.09 Å². The van der Waals surface area contributed by atoms with Crippen LogP contribution in [-0.2, 0) is 20.7 Å². The lowest BCUT2D eigenvalue weighted by Gasteiger charge is -2.40. The maximum Gasteiger partial charge on any atom is 0.410 e. The minimum Gasteiger partial charge on any atom is -0.447 e. The Morgan fingerprint density at radius 3 is 2.48 bits per heavy atom. The van der Waals surface area contributed by atoms with Gasteiger partial charge in [0, 0.05) is 19.1 Å². The van der Waals surface area contributed by atoms with E-state index in [1.165, 1.54) is 0 Å². The third kappa shape index (κ3) is 4.65. The van der Waals surface area contributed by atoms with Gasteiger partial charge < -0.3 is 15.0 Å². The molecule has 31 heavy (non-hydrogen) atoms. The van der Waals surface area contributed by atoms with Gasteiger partial charge in [0.25, 0.3) is 0 Å². The van der Waals surface area contributed by atoms with Crippen LogP contribution in [0.25, 0.3) is 10.8 Å². The Balaban J connectivity index is 1.24. The predicted octanol–water partition coefficient (Wildman–Crippen LogP) is 2.72. The van der Waals surface area contributed by atoms with E-state index in [2.05, 4.69) is 5.32 Å². The normalized spacial score (nSPS) is 18.8. The number of hydrogen-bond acceptors (Lipinski definition) is 4. The summed E-state index contributed by atoms with van der Waals surface area (Å²) in [6.07, 6.45) is 1.41. The molecule has 4 rings (SSSR count). The van der Waals surface area contributed by atoms with E-state index >= 15 is 0 Å². The number of benzene rings is 2. The number of fused-ring (bicyclic) bond motifs is 1. The Hall–Kier alpha value is -3.09. The van der Waals surface area contributed by atoms with Crippen molar-refractivity contribution in [2.45, 2.75) is 44.7 Å². The molecule has 1 N–H and O–H groups in total. The molecule has 0 radical (unpaired) electrons. The number of piperidine rings is 1. The fourth-order valence-electron chi connectivity index (χ4n) is 4.52. The van der Waals surface area contributed by atoms with Crippen LogP contribution in [0.4, 0.5) is 4.79 Å². The van der Waals surface area contributed by atoms with Gasteiger partial charge in [-0.1, -0.05) is 42.5 Å². The molecule has 2 aliphatic rings. The highest BCUT2D eigenvalue weighted by Crippen LogP contribution is 2.30. The molecule has 7 nitrogen and oxygen atoms in total. The molecular formula is C24H29N3O4. The molecule has 2 aliphatic heterocycles. The molecule has 164 valence electrons. The minimum absolute atomic E-state index is 0.00562. The number of carbonyl (C=O) groups is 3. The predicted molar refractivity (Wildman–Crippen MR) is 118 cm³/mol. The first-order valence-corrected chi connectivity index (χ1v) is 10.8. The molecule has 0 bridgehead atoms. The summed E-state index contributed by atoms with van der Waals surface area (Å²) in [5.74, 6) is -0.256. The summed E-state index contributed by atoms with van der Waals surface area (Å²) in [4.78, 5) is 40.5. The monoisotopic (exact) mass is 423 g/mol. The summed E-state index contributed by atoms with van der Waals surface area (Å²) in [7, 11) is 0. The summed E-state index contributed by atoms with van der Waals surface area (Å²) in [5, 5.41) is 4.98. The molecular weight excluding hydrogens is 394 g/mol. The van der Waals surface area contributed by atoms with Crippen LogP contribution >= 0.6 is 0 Å². The van der Waals surface area contributed by atoms with Crippen molar-refractivity contribution in [3.05, 3.63) is 48.0 Å². The van der Waals surface area contributed by atoms with E-state index in [9.17, 15) is 14.4 Å². The summed E-state index contributed by atoms with van der Waals surface area (Å²) >= 11 is 0. The Morgan fingerprint density at radius 1 is 1.10 bits per heavy atom. The van der Waals surface area contributed by atoms with Gasteiger partial charge in [-0.2, -0.15) is 0 Å². The fraction of sp³-hybridized carbons (Fsp3) is 0.458. The van der Waals surface area contributed by atoms with Crippen molar-refractivity contribution in [1.82, 2.24) is 15.1 Å². The van der Waals surface area contributed by atoms with Gasteiger partial charge in [-0.3, -0.25) is 14.5 Å². The van der Waals surface area contributed by atoms with Gasteiger partial charge in [0.2, 0.25) is 11.8 Å². The van der Waals surface area contributed by atoms with Crippen LogP contribution in [0.5, 0.6) is 0 Å². The summed E-state index contributed by atoms with van der Waals surface area (Å²) in [6, 6.07) is 14.1. The van der Waals surface area contributed by atoms with Crippen molar-refractivity contribution < 1.29 is 19.1 Å². The van der Waals surface area contributed by atoms with E-state index in [4.69, 9.17) is 4.74 Å². The Kier molecular flexibility index (Phi) is 5.85. The highest BCUT2D eigenvalue weighted by atomic mass is 16.6. The topological polar surface area (TPSA) is 79.0 Å². The third-order valence-corrected chi connectivity index (χ3v) is 6.20. The molecule has 2 fully saturated rings. The Labute approximate surface area is 182 Å². The van der Waals surface area contributed by atoms with Crippen molar-refractivity contribution in [3.8, 4) is 0 Å². The lowest BCUT2D eigenvalue weighted by atomic mass is 9.97. The first-order chi connectivity index (χ1) is 14.8. The SMILES string of the molecule is CC1(C)COC(=O)N1C1CCN(C(=O)CNC(=O)Cc2ccc3ccccc3c2)CC1. The average Bonchev–Trinajstić information content (AvgIpc) is 3.04. The van der Waals surface area contributed by atoms with Crippen LogP contribution in [0.15, 0.2) is 42.5 Å². The number of nitrogens with zero attached hydrogens (tertiary/aromatic N) is 2. The first kappa shape index (κ1) is 21.2. The lowest BCUT2D eigenvalue weighted by Crippen LogP contribution is -2.54. The molecule has 0 unspecified atom stereocenters. The van der Waals surface area contributed by atoms with Crippen molar-refractivity contribution >= 4 is 28.7 Å². The second-order valence-corrected chi connectivity index (χ2v) is 8.98. The van der Waals surface area contributed by atoms with E-state index < -0.39 is 0 Å². The number of nitrogens with one attached hydrogen (secondary N) is 1.